The molecule has 2 aliphatic heterocycles. The van der Waals surface area contributed by atoms with Crippen LogP contribution in [0.15, 0.2) is 23.3 Å². The minimum atomic E-state index is -0.346. The molecule has 22 heavy (non-hydrogen) atoms. The van der Waals surface area contributed by atoms with Crippen LogP contribution in [0.4, 0.5) is 0 Å². The molecule has 0 saturated carbocycles. The van der Waals surface area contributed by atoms with Crippen molar-refractivity contribution in [3.05, 3.63) is 23.3 Å². The molecule has 4 atom stereocenters. The predicted molar refractivity (Wildman–Crippen MR) is 90.6 cm³/mol. The normalized spacial score (nSPS) is 46.7. The number of hydrogen-bond acceptors (Lipinski definition) is 2. The molecular formula is C20H32O2. The number of allylic oxidation sites excluding steroid dienone is 3. The molecule has 1 spiro atoms. The second kappa shape index (κ2) is 5.79. The van der Waals surface area contributed by atoms with E-state index in [0.717, 1.165) is 25.7 Å². The molecule has 3 rings (SSSR count). The standard InChI is InChI=1S/C20H32O2/c1-14-7-6-8-15(2)13-18-17(10-9-14)16(3)20(21-18)12-11-19(4,5)22-20/h7,13,16-18H,6,8-12H2,1-5H3/b14-7+,15-13+/t16-,17-,18-,20-/m1/s1. The van der Waals surface area contributed by atoms with Crippen LogP contribution in [0.2, 0.25) is 0 Å². The molecule has 0 aromatic heterocycles. The average Bonchev–Trinajstić information content (AvgIpc) is 2.86. The Balaban J connectivity index is 1.87. The fourth-order valence-electron chi connectivity index (χ4n) is 4.46. The molecule has 0 aromatic rings. The van der Waals surface area contributed by atoms with Crippen LogP contribution in [-0.2, 0) is 9.47 Å². The van der Waals surface area contributed by atoms with E-state index in [1.54, 1.807) is 0 Å². The molecule has 0 aromatic carbocycles. The highest BCUT2D eigenvalue weighted by Crippen LogP contribution is 2.53. The quantitative estimate of drug-likeness (QED) is 0.559. The number of hydrogen-bond donors (Lipinski definition) is 0. The topological polar surface area (TPSA) is 18.5 Å². The monoisotopic (exact) mass is 304 g/mol. The SMILES string of the molecule is C/C1=C\[C@H]2O[C@@]3(CCC(C)(C)O3)[C@H](C)[C@H]2CC/C(C)=C/CC1. The van der Waals surface area contributed by atoms with Crippen molar-refractivity contribution in [3.8, 4) is 0 Å². The Bertz CT molecular complexity index is 488. The van der Waals surface area contributed by atoms with Gasteiger partial charge in [0.1, 0.15) is 0 Å². The molecule has 2 heterocycles. The number of fused-ring (bicyclic) bond motifs is 1. The maximum atomic E-state index is 6.58. The average molecular weight is 304 g/mol. The minimum absolute atomic E-state index is 0.0454. The van der Waals surface area contributed by atoms with Crippen molar-refractivity contribution in [1.82, 2.24) is 0 Å². The molecule has 124 valence electrons. The van der Waals surface area contributed by atoms with Gasteiger partial charge in [0.15, 0.2) is 5.79 Å². The summed E-state index contributed by atoms with van der Waals surface area (Å²) in [6.45, 7) is 11.3. The van der Waals surface area contributed by atoms with Crippen molar-refractivity contribution in [2.75, 3.05) is 0 Å². The highest BCUT2D eigenvalue weighted by Gasteiger charge is 2.57. The van der Waals surface area contributed by atoms with Gasteiger partial charge in [-0.2, -0.15) is 0 Å². The van der Waals surface area contributed by atoms with E-state index in [1.165, 1.54) is 24.0 Å². The molecule has 0 N–H and O–H groups in total. The first-order valence-corrected chi connectivity index (χ1v) is 9.02. The van der Waals surface area contributed by atoms with Gasteiger partial charge < -0.3 is 9.47 Å². The summed E-state index contributed by atoms with van der Waals surface area (Å²) in [5.41, 5.74) is 2.95. The van der Waals surface area contributed by atoms with Crippen LogP contribution < -0.4 is 0 Å². The van der Waals surface area contributed by atoms with Gasteiger partial charge in [0, 0.05) is 12.3 Å². The summed E-state index contributed by atoms with van der Waals surface area (Å²) in [6, 6.07) is 0. The summed E-state index contributed by atoms with van der Waals surface area (Å²) in [5.74, 6) is 0.697. The van der Waals surface area contributed by atoms with Crippen molar-refractivity contribution >= 4 is 0 Å². The molecule has 3 aliphatic rings. The van der Waals surface area contributed by atoms with E-state index in [1.807, 2.05) is 0 Å². The largest absolute Gasteiger partial charge is 0.344 e. The first-order valence-electron chi connectivity index (χ1n) is 9.02. The summed E-state index contributed by atoms with van der Waals surface area (Å²) in [5, 5.41) is 0. The van der Waals surface area contributed by atoms with Crippen molar-refractivity contribution in [1.29, 1.82) is 0 Å². The Morgan fingerprint density at radius 2 is 1.86 bits per heavy atom. The van der Waals surface area contributed by atoms with E-state index < -0.39 is 0 Å². The van der Waals surface area contributed by atoms with Crippen molar-refractivity contribution in [3.63, 3.8) is 0 Å². The Hall–Kier alpha value is -0.600. The Morgan fingerprint density at radius 1 is 1.09 bits per heavy atom. The van der Waals surface area contributed by atoms with Crippen LogP contribution in [-0.4, -0.2) is 17.5 Å². The maximum absolute atomic E-state index is 6.58. The molecule has 0 radical (unpaired) electrons. The van der Waals surface area contributed by atoms with Crippen molar-refractivity contribution < 1.29 is 9.47 Å². The van der Waals surface area contributed by atoms with Gasteiger partial charge in [-0.25, -0.2) is 0 Å². The Labute approximate surface area is 136 Å². The highest BCUT2D eigenvalue weighted by atomic mass is 16.7. The van der Waals surface area contributed by atoms with Crippen LogP contribution >= 0.6 is 0 Å². The van der Waals surface area contributed by atoms with Crippen LogP contribution in [0.3, 0.4) is 0 Å². The van der Waals surface area contributed by atoms with Gasteiger partial charge in [0.05, 0.1) is 11.7 Å². The lowest BCUT2D eigenvalue weighted by molar-refractivity contribution is -0.245. The lowest BCUT2D eigenvalue weighted by atomic mass is 9.81. The lowest BCUT2D eigenvalue weighted by Crippen LogP contribution is -2.37. The zero-order valence-electron chi connectivity index (χ0n) is 14.9. The zero-order chi connectivity index (χ0) is 16.0. The van der Waals surface area contributed by atoms with E-state index in [0.29, 0.717) is 11.8 Å². The molecule has 2 heteroatoms. The van der Waals surface area contributed by atoms with E-state index in [2.05, 4.69) is 46.8 Å². The second-order valence-corrected chi connectivity index (χ2v) is 8.35. The van der Waals surface area contributed by atoms with Crippen molar-refractivity contribution in [2.45, 2.75) is 90.6 Å². The number of rotatable bonds is 0. The zero-order valence-corrected chi connectivity index (χ0v) is 14.9. The van der Waals surface area contributed by atoms with Crippen LogP contribution in [0.5, 0.6) is 0 Å². The van der Waals surface area contributed by atoms with Crippen LogP contribution in [0.1, 0.15) is 73.1 Å². The first-order chi connectivity index (χ1) is 10.3. The summed E-state index contributed by atoms with van der Waals surface area (Å²) < 4.78 is 13.0. The molecular weight excluding hydrogens is 272 g/mol. The van der Waals surface area contributed by atoms with Crippen molar-refractivity contribution in [2.24, 2.45) is 11.8 Å². The summed E-state index contributed by atoms with van der Waals surface area (Å²) in [4.78, 5) is 0. The molecule has 2 nitrogen and oxygen atoms in total. The molecule has 1 aliphatic carbocycles. The summed E-state index contributed by atoms with van der Waals surface area (Å²) in [6.07, 6.45) is 11.9. The molecule has 0 amide bonds. The van der Waals surface area contributed by atoms with Crippen LogP contribution in [0.25, 0.3) is 0 Å². The van der Waals surface area contributed by atoms with Gasteiger partial charge >= 0.3 is 0 Å². The summed E-state index contributed by atoms with van der Waals surface area (Å²) in [7, 11) is 0. The lowest BCUT2D eigenvalue weighted by Gasteiger charge is -2.31. The van der Waals surface area contributed by atoms with Gasteiger partial charge in [-0.15, -0.1) is 0 Å². The number of ether oxygens (including phenoxy) is 2. The van der Waals surface area contributed by atoms with Gasteiger partial charge in [-0.05, 0) is 65.7 Å². The minimum Gasteiger partial charge on any atom is -0.344 e. The van der Waals surface area contributed by atoms with E-state index in [4.69, 9.17) is 9.47 Å². The van der Waals surface area contributed by atoms with Gasteiger partial charge in [-0.1, -0.05) is 30.2 Å². The molecule has 2 fully saturated rings. The fourth-order valence-corrected chi connectivity index (χ4v) is 4.46. The van der Waals surface area contributed by atoms with E-state index in [9.17, 15) is 0 Å². The smallest absolute Gasteiger partial charge is 0.172 e. The molecule has 0 bridgehead atoms. The fraction of sp³-hybridized carbons (Fsp3) is 0.800. The third-order valence-electron chi connectivity index (χ3n) is 5.97. The van der Waals surface area contributed by atoms with E-state index >= 15 is 0 Å². The predicted octanol–water partition coefficient (Wildman–Crippen LogP) is 5.39. The Morgan fingerprint density at radius 3 is 2.55 bits per heavy atom. The molecule has 2 saturated heterocycles. The Kier molecular flexibility index (Phi) is 4.28. The first kappa shape index (κ1) is 16.3. The van der Waals surface area contributed by atoms with Gasteiger partial charge in [0.2, 0.25) is 0 Å². The maximum Gasteiger partial charge on any atom is 0.172 e. The van der Waals surface area contributed by atoms with E-state index in [-0.39, 0.29) is 17.5 Å². The third-order valence-corrected chi connectivity index (χ3v) is 5.97. The molecule has 0 unspecified atom stereocenters. The van der Waals surface area contributed by atoms with Crippen LogP contribution in [0, 0.1) is 11.8 Å². The third kappa shape index (κ3) is 3.05. The second-order valence-electron chi connectivity index (χ2n) is 8.35. The van der Waals surface area contributed by atoms with Gasteiger partial charge in [0.25, 0.3) is 0 Å². The highest BCUT2D eigenvalue weighted by molar-refractivity contribution is 5.13. The van der Waals surface area contributed by atoms with Gasteiger partial charge in [-0.3, -0.25) is 0 Å². The summed E-state index contributed by atoms with van der Waals surface area (Å²) >= 11 is 0.